The van der Waals surface area contributed by atoms with Crippen LogP contribution in [0.5, 0.6) is 5.75 Å². The zero-order valence-corrected chi connectivity index (χ0v) is 21.0. The number of ether oxygens (including phenoxy) is 1. The third kappa shape index (κ3) is 5.74. The van der Waals surface area contributed by atoms with Gasteiger partial charge in [0.15, 0.2) is 0 Å². The van der Waals surface area contributed by atoms with Crippen molar-refractivity contribution in [2.75, 3.05) is 64.4 Å². The van der Waals surface area contributed by atoms with Crippen LogP contribution in [-0.2, 0) is 0 Å². The Kier molecular flexibility index (Phi) is 8.26. The Morgan fingerprint density at radius 2 is 1.62 bits per heavy atom. The van der Waals surface area contributed by atoms with Gasteiger partial charge in [-0.2, -0.15) is 0 Å². The van der Waals surface area contributed by atoms with Gasteiger partial charge in [0.25, 0.3) is 5.91 Å². The van der Waals surface area contributed by atoms with Gasteiger partial charge in [0.05, 0.1) is 19.3 Å². The number of para-hydroxylation sites is 2. The molecule has 2 aliphatic heterocycles. The van der Waals surface area contributed by atoms with E-state index in [9.17, 15) is 4.79 Å². The number of hydrogen-bond donors (Lipinski definition) is 0. The number of halogens is 1. The molecular formula is C25H33IN4O2. The summed E-state index contributed by atoms with van der Waals surface area (Å²) < 4.78 is 6.69. The van der Waals surface area contributed by atoms with Crippen molar-refractivity contribution in [1.82, 2.24) is 14.9 Å². The molecule has 7 heteroatoms. The topological polar surface area (TPSA) is 39.3 Å². The van der Waals surface area contributed by atoms with Crippen LogP contribution in [0.25, 0.3) is 0 Å². The number of hydrogen-bond acceptors (Lipinski definition) is 5. The van der Waals surface area contributed by atoms with Crippen LogP contribution in [0.1, 0.15) is 29.6 Å². The third-order valence-electron chi connectivity index (χ3n) is 6.43. The molecule has 6 nitrogen and oxygen atoms in total. The van der Waals surface area contributed by atoms with Crippen LogP contribution < -0.4 is 9.64 Å². The van der Waals surface area contributed by atoms with Crippen molar-refractivity contribution >= 4 is 34.2 Å². The highest BCUT2D eigenvalue weighted by Crippen LogP contribution is 2.28. The summed E-state index contributed by atoms with van der Waals surface area (Å²) in [7, 11) is 1.73. The zero-order chi connectivity index (χ0) is 22.3. The lowest BCUT2D eigenvalue weighted by Gasteiger charge is -2.40. The highest BCUT2D eigenvalue weighted by Gasteiger charge is 2.26. The molecule has 0 N–H and O–H groups in total. The second-order valence-electron chi connectivity index (χ2n) is 8.45. The maximum atomic E-state index is 13.4. The summed E-state index contributed by atoms with van der Waals surface area (Å²) in [4.78, 5) is 18.3. The molecule has 2 aromatic rings. The van der Waals surface area contributed by atoms with Gasteiger partial charge >= 0.3 is 0 Å². The molecule has 32 heavy (non-hydrogen) atoms. The smallest absolute Gasteiger partial charge is 0.268 e. The summed E-state index contributed by atoms with van der Waals surface area (Å²) in [6.07, 6.45) is 3.58. The van der Waals surface area contributed by atoms with E-state index < -0.39 is 0 Å². The average Bonchev–Trinajstić information content (AvgIpc) is 2.85. The van der Waals surface area contributed by atoms with Gasteiger partial charge in [-0.25, -0.2) is 5.01 Å². The zero-order valence-electron chi connectivity index (χ0n) is 18.9. The predicted molar refractivity (Wildman–Crippen MR) is 137 cm³/mol. The lowest BCUT2D eigenvalue weighted by atomic mass is 10.1. The predicted octanol–water partition coefficient (Wildman–Crippen LogP) is 3.97. The fraction of sp³-hybridized carbons (Fsp3) is 0.480. The van der Waals surface area contributed by atoms with Crippen LogP contribution >= 0.6 is 22.6 Å². The summed E-state index contributed by atoms with van der Waals surface area (Å²) in [6.45, 7) is 7.48. The minimum atomic E-state index is 0.121. The molecule has 0 aliphatic carbocycles. The molecule has 2 heterocycles. The van der Waals surface area contributed by atoms with E-state index in [4.69, 9.17) is 4.74 Å². The molecule has 2 fully saturated rings. The maximum Gasteiger partial charge on any atom is 0.268 e. The number of piperazine rings is 1. The first kappa shape index (κ1) is 23.3. The summed E-state index contributed by atoms with van der Waals surface area (Å²) in [6, 6.07) is 16.2. The molecule has 0 aromatic heterocycles. The first-order valence-corrected chi connectivity index (χ1v) is 12.7. The largest absolute Gasteiger partial charge is 0.495 e. The number of carbonyl (C=O) groups is 1. The molecule has 2 aromatic carbocycles. The van der Waals surface area contributed by atoms with E-state index in [1.54, 1.807) is 7.11 Å². The minimum Gasteiger partial charge on any atom is -0.495 e. The number of carbonyl (C=O) groups excluding carboxylic acids is 1. The van der Waals surface area contributed by atoms with Gasteiger partial charge in [-0.1, -0.05) is 18.6 Å². The Balaban J connectivity index is 1.37. The van der Waals surface area contributed by atoms with Crippen molar-refractivity contribution in [3.63, 3.8) is 0 Å². The van der Waals surface area contributed by atoms with Gasteiger partial charge in [-0.3, -0.25) is 14.7 Å². The number of benzene rings is 2. The molecular weight excluding hydrogens is 515 g/mol. The van der Waals surface area contributed by atoms with Crippen molar-refractivity contribution in [3.8, 4) is 5.75 Å². The van der Waals surface area contributed by atoms with Gasteiger partial charge in [-0.15, -0.1) is 0 Å². The Morgan fingerprint density at radius 3 is 2.31 bits per heavy atom. The Labute approximate surface area is 205 Å². The van der Waals surface area contributed by atoms with Gasteiger partial charge < -0.3 is 9.64 Å². The SMILES string of the molecule is COc1ccccc1N1CCN(CCN(C(=O)c2ccc(I)cc2)N2CCCCC2)CC1. The van der Waals surface area contributed by atoms with E-state index in [0.29, 0.717) is 0 Å². The van der Waals surface area contributed by atoms with Crippen molar-refractivity contribution < 1.29 is 9.53 Å². The Bertz CT molecular complexity index is 878. The van der Waals surface area contributed by atoms with E-state index in [-0.39, 0.29) is 5.91 Å². The molecule has 0 unspecified atom stereocenters. The molecule has 172 valence electrons. The summed E-state index contributed by atoms with van der Waals surface area (Å²) in [5.41, 5.74) is 1.94. The number of anilines is 1. The first-order chi connectivity index (χ1) is 15.7. The molecule has 0 atom stereocenters. The number of nitrogens with zero attached hydrogens (tertiary/aromatic N) is 4. The van der Waals surface area contributed by atoms with E-state index in [2.05, 4.69) is 49.5 Å². The Morgan fingerprint density at radius 1 is 0.938 bits per heavy atom. The molecule has 0 saturated carbocycles. The van der Waals surface area contributed by atoms with E-state index >= 15 is 0 Å². The van der Waals surface area contributed by atoms with E-state index in [0.717, 1.165) is 80.1 Å². The molecule has 2 aliphatic rings. The van der Waals surface area contributed by atoms with Gasteiger partial charge in [0.1, 0.15) is 5.75 Å². The molecule has 0 radical (unpaired) electrons. The number of amides is 1. The highest BCUT2D eigenvalue weighted by molar-refractivity contribution is 14.1. The fourth-order valence-corrected chi connectivity index (χ4v) is 4.93. The van der Waals surface area contributed by atoms with Gasteiger partial charge in [0, 0.05) is 54.9 Å². The second kappa shape index (κ2) is 11.3. The van der Waals surface area contributed by atoms with E-state index in [1.807, 2.05) is 41.4 Å². The average molecular weight is 548 g/mol. The third-order valence-corrected chi connectivity index (χ3v) is 7.14. The number of rotatable bonds is 7. The normalized spacial score (nSPS) is 17.9. The van der Waals surface area contributed by atoms with Crippen molar-refractivity contribution in [1.29, 1.82) is 0 Å². The lowest BCUT2D eigenvalue weighted by Crippen LogP contribution is -2.53. The molecule has 0 spiro atoms. The summed E-state index contributed by atoms with van der Waals surface area (Å²) >= 11 is 2.28. The summed E-state index contributed by atoms with van der Waals surface area (Å²) in [5.74, 6) is 1.05. The Hall–Kier alpha value is -1.84. The quantitative estimate of drug-likeness (QED) is 0.490. The van der Waals surface area contributed by atoms with E-state index in [1.165, 1.54) is 12.1 Å². The second-order valence-corrected chi connectivity index (χ2v) is 9.70. The minimum absolute atomic E-state index is 0.121. The van der Waals surface area contributed by atoms with Crippen LogP contribution in [0.2, 0.25) is 0 Å². The monoisotopic (exact) mass is 548 g/mol. The molecule has 0 bridgehead atoms. The maximum absolute atomic E-state index is 13.4. The van der Waals surface area contributed by atoms with Crippen molar-refractivity contribution in [3.05, 3.63) is 57.7 Å². The van der Waals surface area contributed by atoms with Gasteiger partial charge in [-0.05, 0) is 71.8 Å². The molecule has 2 saturated heterocycles. The van der Waals surface area contributed by atoms with Gasteiger partial charge in [0.2, 0.25) is 0 Å². The van der Waals surface area contributed by atoms with Crippen LogP contribution in [0.4, 0.5) is 5.69 Å². The van der Waals surface area contributed by atoms with Crippen LogP contribution in [0.3, 0.4) is 0 Å². The molecule has 4 rings (SSSR count). The lowest BCUT2D eigenvalue weighted by molar-refractivity contribution is -0.0256. The number of piperidine rings is 1. The fourth-order valence-electron chi connectivity index (χ4n) is 4.57. The van der Waals surface area contributed by atoms with Crippen LogP contribution in [0, 0.1) is 3.57 Å². The highest BCUT2D eigenvalue weighted by atomic mass is 127. The summed E-state index contributed by atoms with van der Waals surface area (Å²) in [5, 5.41) is 4.28. The standard InChI is InChI=1S/C25H33IN4O2/c1-32-24-8-4-3-7-23(24)28-18-15-27(16-19-28)17-20-30(29-13-5-2-6-14-29)25(31)21-9-11-22(26)12-10-21/h3-4,7-12H,2,5-6,13-20H2,1H3. The first-order valence-electron chi connectivity index (χ1n) is 11.6. The number of methoxy groups -OCH3 is 1. The number of hydrazine groups is 1. The van der Waals surface area contributed by atoms with Crippen molar-refractivity contribution in [2.45, 2.75) is 19.3 Å². The molecule has 1 amide bonds. The van der Waals surface area contributed by atoms with Crippen LogP contribution in [0.15, 0.2) is 48.5 Å². The van der Waals surface area contributed by atoms with Crippen molar-refractivity contribution in [2.24, 2.45) is 0 Å². The van der Waals surface area contributed by atoms with Crippen LogP contribution in [-0.4, -0.2) is 80.3 Å².